The zero-order chi connectivity index (χ0) is 33.4. The van der Waals surface area contributed by atoms with Gasteiger partial charge in [0.05, 0.1) is 31.3 Å². The number of carbonyl (C=O) groups is 3. The minimum atomic E-state index is -2.52. The van der Waals surface area contributed by atoms with Crippen LogP contribution in [-0.2, 0) is 24.3 Å². The molecule has 7 rings (SSSR count). The van der Waals surface area contributed by atoms with Crippen molar-refractivity contribution in [2.45, 2.75) is 89.1 Å². The highest BCUT2D eigenvalue weighted by atomic mass is 19.1. The number of Topliss-reactive ketones (excluding diaryl/α,β-unsaturated/α-hetero) is 2. The Kier molecular flexibility index (Phi) is 7.91. The molecule has 0 unspecified atom stereocenters. The molecule has 0 spiro atoms. The summed E-state index contributed by atoms with van der Waals surface area (Å²) in [4.78, 5) is 44.5. The van der Waals surface area contributed by atoms with Gasteiger partial charge in [0.15, 0.2) is 17.1 Å². The number of rotatable bonds is 8. The van der Waals surface area contributed by atoms with Gasteiger partial charge in [-0.25, -0.2) is 4.39 Å². The van der Waals surface area contributed by atoms with Crippen LogP contribution in [-0.4, -0.2) is 86.6 Å². The number of phenols is 1. The van der Waals surface area contributed by atoms with E-state index in [1.165, 1.54) is 4.90 Å². The molecule has 13 heteroatoms. The summed E-state index contributed by atoms with van der Waals surface area (Å²) in [5.74, 6) is -5.52. The highest BCUT2D eigenvalue weighted by Gasteiger charge is 2.64. The summed E-state index contributed by atoms with van der Waals surface area (Å²) in [5.41, 5.74) is -2.81. The van der Waals surface area contributed by atoms with Crippen LogP contribution in [0.1, 0.15) is 101 Å². The second-order valence-corrected chi connectivity index (χ2v) is 13.9. The molecule has 1 aliphatic heterocycles. The largest absolute Gasteiger partial charge is 0.508 e. The van der Waals surface area contributed by atoms with Gasteiger partial charge in [-0.15, -0.1) is 0 Å². The molecule has 1 aromatic heterocycles. The molecule has 47 heavy (non-hydrogen) atoms. The summed E-state index contributed by atoms with van der Waals surface area (Å²) >= 11 is 0. The number of nitrogens with one attached hydrogen (secondary N) is 1. The first-order valence-electron chi connectivity index (χ1n) is 16.6. The number of aliphatic hydroxyl groups is 2. The molecule has 0 radical (unpaired) electrons. The lowest BCUT2D eigenvalue weighted by molar-refractivity contribution is -0.131. The number of aromatic nitrogens is 1. The van der Waals surface area contributed by atoms with Crippen molar-refractivity contribution in [2.75, 3.05) is 27.2 Å². The zero-order valence-electron chi connectivity index (χ0n) is 26.9. The van der Waals surface area contributed by atoms with Crippen molar-refractivity contribution in [3.05, 3.63) is 50.7 Å². The van der Waals surface area contributed by atoms with E-state index in [9.17, 15) is 29.7 Å². The lowest BCUT2D eigenvalue weighted by Gasteiger charge is -2.49. The Morgan fingerprint density at radius 3 is 2.57 bits per heavy atom. The van der Waals surface area contributed by atoms with Crippen molar-refractivity contribution in [2.24, 2.45) is 11.8 Å². The van der Waals surface area contributed by atoms with Crippen LogP contribution in [0.25, 0.3) is 0 Å². The van der Waals surface area contributed by atoms with Crippen molar-refractivity contribution in [3.8, 4) is 11.6 Å². The number of aromatic hydroxyl groups is 1. The van der Waals surface area contributed by atoms with E-state index in [-0.39, 0.29) is 96.1 Å². The van der Waals surface area contributed by atoms with E-state index in [0.717, 1.165) is 32.1 Å². The summed E-state index contributed by atoms with van der Waals surface area (Å²) in [6.07, 6.45) is 5.75. The van der Waals surface area contributed by atoms with E-state index in [0.29, 0.717) is 6.42 Å². The number of halogens is 1. The predicted molar refractivity (Wildman–Crippen MR) is 164 cm³/mol. The molecule has 4 N–H and O–H groups in total. The van der Waals surface area contributed by atoms with E-state index in [2.05, 4.69) is 10.5 Å². The first-order valence-corrected chi connectivity index (χ1v) is 16.6. The number of nitrogens with zero attached hydrogens (tertiary/aromatic N) is 3. The number of carbonyl (C=O) groups excluding carboxylic acids is 3. The smallest absolute Gasteiger partial charge is 0.265 e. The maximum Gasteiger partial charge on any atom is 0.265 e. The fourth-order valence-electron chi connectivity index (χ4n) is 8.46. The van der Waals surface area contributed by atoms with Gasteiger partial charge in [-0.05, 0) is 57.3 Å². The number of amides is 1. The van der Waals surface area contributed by atoms with Gasteiger partial charge >= 0.3 is 0 Å². The van der Waals surface area contributed by atoms with E-state index >= 15 is 4.39 Å². The summed E-state index contributed by atoms with van der Waals surface area (Å²) < 4.78 is 27.6. The molecule has 4 aliphatic carbocycles. The van der Waals surface area contributed by atoms with Crippen LogP contribution in [0.5, 0.6) is 11.6 Å². The maximum absolute atomic E-state index is 16.3. The van der Waals surface area contributed by atoms with E-state index in [1.54, 1.807) is 19.0 Å². The summed E-state index contributed by atoms with van der Waals surface area (Å²) in [6.45, 7) is 2.24. The third-order valence-corrected chi connectivity index (χ3v) is 10.9. The molecule has 4 atom stereocenters. The number of hydrogen-bond acceptors (Lipinski definition) is 11. The number of fused-ring (bicyclic) bond motifs is 5. The van der Waals surface area contributed by atoms with Crippen LogP contribution in [0, 0.1) is 17.7 Å². The van der Waals surface area contributed by atoms with E-state index in [1.807, 2.05) is 6.92 Å². The number of hydrogen-bond donors (Lipinski definition) is 4. The Bertz CT molecular complexity index is 1690. The van der Waals surface area contributed by atoms with Crippen molar-refractivity contribution in [3.63, 3.8) is 0 Å². The van der Waals surface area contributed by atoms with Gasteiger partial charge in [-0.1, -0.05) is 26.2 Å². The second-order valence-electron chi connectivity index (χ2n) is 13.9. The number of phenolic OH excluding ortho intramolecular Hbond substituents is 1. The molecule has 1 fully saturated rings. The third kappa shape index (κ3) is 4.72. The molecule has 252 valence electrons. The average molecular weight is 653 g/mol. The Morgan fingerprint density at radius 1 is 1.15 bits per heavy atom. The zero-order valence-corrected chi connectivity index (χ0v) is 26.9. The topological polar surface area (TPSA) is 166 Å². The monoisotopic (exact) mass is 652 g/mol. The molecule has 1 saturated carbocycles. The second kappa shape index (κ2) is 11.7. The quantitative estimate of drug-likeness (QED) is 0.309. The molecular weight excluding hydrogens is 611 g/mol. The third-order valence-electron chi connectivity index (χ3n) is 10.9. The van der Waals surface area contributed by atoms with Crippen LogP contribution in [0.15, 0.2) is 15.9 Å². The average Bonchev–Trinajstić information content (AvgIpc) is 3.81. The van der Waals surface area contributed by atoms with Gasteiger partial charge in [0.1, 0.15) is 22.9 Å². The molecular formula is C34H41FN4O8. The van der Waals surface area contributed by atoms with Gasteiger partial charge in [-0.2, -0.15) is 0 Å². The standard InChI is InChI=1S/C34H41FN4O8/c1-4-5-10-46-33-25-30(47-37-33)27(38(2)3)21-12-16-11-18-24(29(42)23(16)31(43)34(21,45)32(25)44)28(41)20-15-39(14-19(20)26(18)35)22(40)13-36-17-8-6-7-9-17/h16-17,21,27,36,41,43,45H,4-15H2,1-3H3/t16-,21-,27-,34-/m0/s1. The molecule has 2 heterocycles. The predicted octanol–water partition coefficient (Wildman–Crippen LogP) is 3.49. The number of allylic oxidation sites excluding steroid dienone is 1. The lowest BCUT2D eigenvalue weighted by atomic mass is 9.58. The SMILES string of the molecule is CCCCOc1noc2c1C(=O)[C@@]1(O)C(O)=C3C(=O)c4c(O)c5c(c(F)c4C[C@H]3C[C@H]1[C@@H]2N(C)C)CN(C(=O)CNC1CCCC1)C5. The lowest BCUT2D eigenvalue weighted by Crippen LogP contribution is -2.59. The number of ether oxygens (including phenoxy) is 1. The summed E-state index contributed by atoms with van der Waals surface area (Å²) in [7, 11) is 3.47. The molecule has 5 aliphatic rings. The minimum absolute atomic E-state index is 0.00660. The highest BCUT2D eigenvalue weighted by molar-refractivity contribution is 6.16. The summed E-state index contributed by atoms with van der Waals surface area (Å²) in [5, 5.41) is 42.6. The van der Waals surface area contributed by atoms with Gasteiger partial charge in [0.25, 0.3) is 5.88 Å². The van der Waals surface area contributed by atoms with Crippen molar-refractivity contribution >= 4 is 17.5 Å². The molecule has 0 saturated heterocycles. The Hall–Kier alpha value is -3.81. The fourth-order valence-corrected chi connectivity index (χ4v) is 8.46. The van der Waals surface area contributed by atoms with Crippen LogP contribution < -0.4 is 10.1 Å². The first kappa shape index (κ1) is 31.8. The molecule has 12 nitrogen and oxygen atoms in total. The number of aliphatic hydroxyl groups excluding tert-OH is 1. The minimum Gasteiger partial charge on any atom is -0.508 e. The van der Waals surface area contributed by atoms with E-state index < -0.39 is 52.4 Å². The molecule has 1 amide bonds. The fraction of sp³-hybridized carbons (Fsp3) is 0.588. The normalized spacial score (nSPS) is 26.8. The van der Waals surface area contributed by atoms with Crippen molar-refractivity contribution < 1.29 is 43.4 Å². The molecule has 1 aromatic carbocycles. The first-order chi connectivity index (χ1) is 22.5. The number of benzene rings is 1. The van der Waals surface area contributed by atoms with Gasteiger partial charge in [-0.3, -0.25) is 19.3 Å². The Balaban J connectivity index is 1.24. The van der Waals surface area contributed by atoms with Crippen molar-refractivity contribution in [1.29, 1.82) is 0 Å². The summed E-state index contributed by atoms with van der Waals surface area (Å²) in [6, 6.07) is -0.462. The van der Waals surface area contributed by atoms with Gasteiger partial charge in [0.2, 0.25) is 11.7 Å². The van der Waals surface area contributed by atoms with Crippen LogP contribution in [0.2, 0.25) is 0 Å². The molecule has 0 bridgehead atoms. The van der Waals surface area contributed by atoms with Crippen molar-refractivity contribution in [1.82, 2.24) is 20.3 Å². The highest BCUT2D eigenvalue weighted by Crippen LogP contribution is 2.57. The van der Waals surface area contributed by atoms with Crippen LogP contribution in [0.3, 0.4) is 0 Å². The van der Waals surface area contributed by atoms with Gasteiger partial charge in [0, 0.05) is 40.8 Å². The number of unbranched alkanes of at least 4 members (excludes halogenated alkanes) is 1. The maximum atomic E-state index is 16.3. The van der Waals surface area contributed by atoms with Gasteiger partial charge < -0.3 is 34.8 Å². The Morgan fingerprint density at radius 2 is 1.87 bits per heavy atom. The Labute approximate surface area is 271 Å². The van der Waals surface area contributed by atoms with Crippen LogP contribution >= 0.6 is 0 Å². The molecule has 2 aromatic rings. The number of ketones is 2. The van der Waals surface area contributed by atoms with E-state index in [4.69, 9.17) is 9.26 Å². The van der Waals surface area contributed by atoms with Crippen LogP contribution in [0.4, 0.5) is 4.39 Å².